The number of hydrogen-bond donors (Lipinski definition) is 2. The fraction of sp³-hybridized carbons (Fsp3) is 0.833. The third-order valence-electron chi connectivity index (χ3n) is 1.53. The van der Waals surface area contributed by atoms with Crippen LogP contribution >= 0.6 is 0 Å². The lowest BCUT2D eigenvalue weighted by atomic mass is 10.0. The normalized spacial score (nSPS) is 26.4. The Balaban J connectivity index is 0.000000640. The summed E-state index contributed by atoms with van der Waals surface area (Å²) in [7, 11) is 0. The molecule has 1 fully saturated rings. The Kier molecular flexibility index (Phi) is 4.26. The number of aldehydes is 1. The molecule has 0 aromatic heterocycles. The van der Waals surface area contributed by atoms with Crippen molar-refractivity contribution < 1.29 is 4.79 Å². The summed E-state index contributed by atoms with van der Waals surface area (Å²) in [6, 6.07) is 0. The highest BCUT2D eigenvalue weighted by atomic mass is 16.1. The Morgan fingerprint density at radius 2 is 2.33 bits per heavy atom. The highest BCUT2D eigenvalue weighted by Gasteiger charge is 2.09. The van der Waals surface area contributed by atoms with Crippen molar-refractivity contribution >= 4 is 6.29 Å². The molecule has 54 valence electrons. The number of rotatable bonds is 1. The first kappa shape index (κ1) is 8.59. The maximum Gasteiger partial charge on any atom is 0.124 e. The lowest BCUT2D eigenvalue weighted by Crippen LogP contribution is -2.30. The first-order valence-corrected chi connectivity index (χ1v) is 3.09. The van der Waals surface area contributed by atoms with E-state index in [1.54, 1.807) is 0 Å². The predicted octanol–water partition coefficient (Wildman–Crippen LogP) is 0.347. The molecule has 0 aromatic carbocycles. The average Bonchev–Trinajstić information content (AvgIpc) is 1.90. The topological polar surface area (TPSA) is 64.1 Å². The molecule has 0 spiro atoms. The van der Waals surface area contributed by atoms with Crippen LogP contribution < -0.4 is 11.5 Å². The zero-order valence-corrected chi connectivity index (χ0v) is 5.60. The van der Waals surface area contributed by atoms with Crippen LogP contribution in [-0.2, 0) is 4.79 Å². The molecule has 0 aliphatic carbocycles. The van der Waals surface area contributed by atoms with Crippen molar-refractivity contribution in [2.75, 3.05) is 13.1 Å². The van der Waals surface area contributed by atoms with Gasteiger partial charge in [0.05, 0.1) is 0 Å². The van der Waals surface area contributed by atoms with Crippen molar-refractivity contribution in [2.45, 2.75) is 12.8 Å². The number of nitrogens with one attached hydrogen (secondary N) is 1. The molecule has 1 heterocycles. The number of piperidine rings is 1. The van der Waals surface area contributed by atoms with E-state index in [0.717, 1.165) is 32.2 Å². The Bertz CT molecular complexity index is 79.1. The van der Waals surface area contributed by atoms with Crippen LogP contribution in [0.2, 0.25) is 0 Å². The van der Waals surface area contributed by atoms with Gasteiger partial charge in [0, 0.05) is 12.5 Å². The van der Waals surface area contributed by atoms with Gasteiger partial charge in [-0.2, -0.15) is 0 Å². The van der Waals surface area contributed by atoms with E-state index in [0.29, 0.717) is 5.92 Å². The molecule has 9 heavy (non-hydrogen) atoms. The quantitative estimate of drug-likeness (QED) is 0.503. The highest BCUT2D eigenvalue weighted by Crippen LogP contribution is 2.05. The van der Waals surface area contributed by atoms with Gasteiger partial charge in [-0.15, -0.1) is 0 Å². The summed E-state index contributed by atoms with van der Waals surface area (Å²) in [6.45, 7) is 1.98. The van der Waals surface area contributed by atoms with Gasteiger partial charge in [0.1, 0.15) is 6.29 Å². The molecule has 0 aromatic rings. The van der Waals surface area contributed by atoms with Gasteiger partial charge in [-0.3, -0.25) is 0 Å². The van der Waals surface area contributed by atoms with Crippen LogP contribution in [0.25, 0.3) is 0 Å². The molecule has 0 radical (unpaired) electrons. The van der Waals surface area contributed by atoms with E-state index in [2.05, 4.69) is 5.32 Å². The van der Waals surface area contributed by atoms with Gasteiger partial charge in [0.2, 0.25) is 0 Å². The van der Waals surface area contributed by atoms with Crippen molar-refractivity contribution in [1.82, 2.24) is 11.5 Å². The van der Waals surface area contributed by atoms with E-state index < -0.39 is 0 Å². The number of carbonyl (C=O) groups excluding carboxylic acids is 1. The highest BCUT2D eigenvalue weighted by molar-refractivity contribution is 5.53. The fourth-order valence-corrected chi connectivity index (χ4v) is 0.995. The van der Waals surface area contributed by atoms with Crippen LogP contribution in [0, 0.1) is 5.92 Å². The van der Waals surface area contributed by atoms with Crippen LogP contribution in [0.4, 0.5) is 0 Å². The minimum absolute atomic E-state index is 0. The Labute approximate surface area is 55.4 Å². The minimum Gasteiger partial charge on any atom is -0.344 e. The van der Waals surface area contributed by atoms with Gasteiger partial charge < -0.3 is 16.3 Å². The summed E-state index contributed by atoms with van der Waals surface area (Å²) in [5.41, 5.74) is 0. The SMILES string of the molecule is N.O=CC1CCCNC1. The van der Waals surface area contributed by atoms with Crippen LogP contribution in [0.3, 0.4) is 0 Å². The molecular formula is C6H14N2O. The van der Waals surface area contributed by atoms with E-state index in [4.69, 9.17) is 0 Å². The molecule has 3 heteroatoms. The van der Waals surface area contributed by atoms with Gasteiger partial charge in [-0.1, -0.05) is 0 Å². The first-order chi connectivity index (χ1) is 3.93. The zero-order valence-electron chi connectivity index (χ0n) is 5.60. The molecule has 1 aliphatic rings. The van der Waals surface area contributed by atoms with Crippen molar-refractivity contribution in [1.29, 1.82) is 0 Å². The van der Waals surface area contributed by atoms with E-state index in [1.165, 1.54) is 0 Å². The van der Waals surface area contributed by atoms with Crippen LogP contribution in [0.1, 0.15) is 12.8 Å². The Hall–Kier alpha value is -0.410. The summed E-state index contributed by atoms with van der Waals surface area (Å²) in [6.07, 6.45) is 3.28. The summed E-state index contributed by atoms with van der Waals surface area (Å²) in [5, 5.41) is 3.15. The second-order valence-corrected chi connectivity index (χ2v) is 2.24. The smallest absolute Gasteiger partial charge is 0.124 e. The van der Waals surface area contributed by atoms with E-state index in [1.807, 2.05) is 0 Å². The van der Waals surface area contributed by atoms with Gasteiger partial charge in [0.15, 0.2) is 0 Å². The minimum atomic E-state index is 0. The molecule has 3 nitrogen and oxygen atoms in total. The van der Waals surface area contributed by atoms with E-state index in [-0.39, 0.29) is 6.15 Å². The van der Waals surface area contributed by atoms with Crippen molar-refractivity contribution in [3.05, 3.63) is 0 Å². The van der Waals surface area contributed by atoms with Crippen molar-refractivity contribution in [3.63, 3.8) is 0 Å². The zero-order chi connectivity index (χ0) is 5.82. The lowest BCUT2D eigenvalue weighted by molar-refractivity contribution is -0.111. The maximum atomic E-state index is 10.1. The van der Waals surface area contributed by atoms with Crippen LogP contribution in [0.15, 0.2) is 0 Å². The molecule has 0 saturated carbocycles. The third-order valence-corrected chi connectivity index (χ3v) is 1.53. The molecule has 1 saturated heterocycles. The lowest BCUT2D eigenvalue weighted by Gasteiger charge is -2.16. The summed E-state index contributed by atoms with van der Waals surface area (Å²) >= 11 is 0. The molecule has 0 amide bonds. The standard InChI is InChI=1S/C6H11NO.H3N/c8-5-6-2-1-3-7-4-6;/h5-7H,1-4H2;1H3. The summed E-state index contributed by atoms with van der Waals surface area (Å²) in [5.74, 6) is 0.295. The Morgan fingerprint density at radius 3 is 2.67 bits per heavy atom. The molecular weight excluding hydrogens is 116 g/mol. The van der Waals surface area contributed by atoms with Crippen LogP contribution in [-0.4, -0.2) is 19.4 Å². The third kappa shape index (κ3) is 2.58. The summed E-state index contributed by atoms with van der Waals surface area (Å²) in [4.78, 5) is 10.1. The first-order valence-electron chi connectivity index (χ1n) is 3.09. The largest absolute Gasteiger partial charge is 0.344 e. The van der Waals surface area contributed by atoms with E-state index in [9.17, 15) is 4.79 Å². The monoisotopic (exact) mass is 130 g/mol. The van der Waals surface area contributed by atoms with Gasteiger partial charge in [-0.25, -0.2) is 0 Å². The number of hydrogen-bond acceptors (Lipinski definition) is 3. The van der Waals surface area contributed by atoms with E-state index >= 15 is 0 Å². The van der Waals surface area contributed by atoms with Gasteiger partial charge >= 0.3 is 0 Å². The van der Waals surface area contributed by atoms with Gasteiger partial charge in [-0.05, 0) is 19.4 Å². The van der Waals surface area contributed by atoms with Gasteiger partial charge in [0.25, 0.3) is 0 Å². The summed E-state index contributed by atoms with van der Waals surface area (Å²) < 4.78 is 0. The average molecular weight is 130 g/mol. The second-order valence-electron chi connectivity index (χ2n) is 2.24. The maximum absolute atomic E-state index is 10.1. The van der Waals surface area contributed by atoms with Crippen molar-refractivity contribution in [3.8, 4) is 0 Å². The molecule has 0 bridgehead atoms. The molecule has 1 aliphatic heterocycles. The predicted molar refractivity (Wildman–Crippen MR) is 36.7 cm³/mol. The molecule has 1 unspecified atom stereocenters. The molecule has 1 rings (SSSR count). The van der Waals surface area contributed by atoms with Crippen molar-refractivity contribution in [2.24, 2.45) is 5.92 Å². The number of carbonyl (C=O) groups is 1. The Morgan fingerprint density at radius 1 is 1.56 bits per heavy atom. The molecule has 1 atom stereocenters. The van der Waals surface area contributed by atoms with Crippen LogP contribution in [0.5, 0.6) is 0 Å². The fourth-order valence-electron chi connectivity index (χ4n) is 0.995. The molecule has 4 N–H and O–H groups in total. The second kappa shape index (κ2) is 4.47.